The molecule has 0 spiro atoms. The Balaban J connectivity index is 2.10. The summed E-state index contributed by atoms with van der Waals surface area (Å²) in [6.07, 6.45) is 1.43. The minimum absolute atomic E-state index is 0.408. The van der Waals surface area contributed by atoms with Crippen LogP contribution in [0.25, 0.3) is 10.9 Å². The van der Waals surface area contributed by atoms with E-state index in [0.29, 0.717) is 15.9 Å². The molecule has 0 unspecified atom stereocenters. The van der Waals surface area contributed by atoms with Crippen LogP contribution >= 0.6 is 11.6 Å². The fraction of sp³-hybridized carbons (Fsp3) is 0. The van der Waals surface area contributed by atoms with Crippen molar-refractivity contribution in [2.24, 2.45) is 5.10 Å². The maximum absolute atomic E-state index is 12.2. The van der Waals surface area contributed by atoms with Crippen molar-refractivity contribution >= 4 is 28.7 Å². The molecule has 5 nitrogen and oxygen atoms in total. The Kier molecular flexibility index (Phi) is 3.41. The van der Waals surface area contributed by atoms with Gasteiger partial charge in [-0.05, 0) is 29.8 Å². The molecular weight excluding hydrogens is 290 g/mol. The Morgan fingerprint density at radius 2 is 1.76 bits per heavy atom. The predicted octanol–water partition coefficient (Wildman–Crippen LogP) is 2.23. The van der Waals surface area contributed by atoms with Gasteiger partial charge < -0.3 is 4.98 Å². The minimum atomic E-state index is -0.580. The van der Waals surface area contributed by atoms with E-state index in [1.54, 1.807) is 48.5 Å². The van der Waals surface area contributed by atoms with Crippen LogP contribution in [0, 0.1) is 0 Å². The fourth-order valence-corrected chi connectivity index (χ4v) is 2.06. The molecule has 1 N–H and O–H groups in total. The third kappa shape index (κ3) is 2.64. The smallest absolute Gasteiger partial charge is 0.305 e. The van der Waals surface area contributed by atoms with Gasteiger partial charge in [0.05, 0.1) is 17.1 Å². The molecule has 0 aliphatic heterocycles. The number of rotatable bonds is 2. The molecule has 2 aromatic carbocycles. The number of aromatic nitrogens is 2. The van der Waals surface area contributed by atoms with Crippen molar-refractivity contribution in [1.29, 1.82) is 0 Å². The summed E-state index contributed by atoms with van der Waals surface area (Å²) < 4.78 is 0.803. The average molecular weight is 300 g/mol. The first kappa shape index (κ1) is 13.3. The fourth-order valence-electron chi connectivity index (χ4n) is 1.93. The monoisotopic (exact) mass is 299 g/mol. The quantitative estimate of drug-likeness (QED) is 0.737. The molecular formula is C15H10ClN3O2. The minimum Gasteiger partial charge on any atom is -0.305 e. The lowest BCUT2D eigenvalue weighted by molar-refractivity contribution is 0.771. The lowest BCUT2D eigenvalue weighted by atomic mass is 10.2. The zero-order valence-corrected chi connectivity index (χ0v) is 11.5. The molecule has 0 fully saturated rings. The third-order valence-electron chi connectivity index (χ3n) is 2.98. The maximum atomic E-state index is 12.2. The normalized spacial score (nSPS) is 11.3. The third-order valence-corrected chi connectivity index (χ3v) is 3.23. The zero-order valence-electron chi connectivity index (χ0n) is 10.8. The number of fused-ring (bicyclic) bond motifs is 1. The Morgan fingerprint density at radius 1 is 1.05 bits per heavy atom. The number of hydrogen-bond donors (Lipinski definition) is 1. The predicted molar refractivity (Wildman–Crippen MR) is 83.3 cm³/mol. The van der Waals surface area contributed by atoms with Crippen molar-refractivity contribution in [2.45, 2.75) is 0 Å². The van der Waals surface area contributed by atoms with Gasteiger partial charge in [0.2, 0.25) is 0 Å². The molecule has 0 bridgehead atoms. The first-order valence-corrected chi connectivity index (χ1v) is 6.57. The van der Waals surface area contributed by atoms with Crippen LogP contribution < -0.4 is 11.2 Å². The number of nitrogens with one attached hydrogen (secondary N) is 1. The molecule has 1 heterocycles. The second kappa shape index (κ2) is 5.38. The Bertz CT molecular complexity index is 940. The lowest BCUT2D eigenvalue weighted by Gasteiger charge is -2.00. The van der Waals surface area contributed by atoms with Gasteiger partial charge >= 0.3 is 5.69 Å². The highest BCUT2D eigenvalue weighted by atomic mass is 35.5. The number of nitrogens with zero attached hydrogens (tertiary/aromatic N) is 2. The van der Waals surface area contributed by atoms with Crippen molar-refractivity contribution in [3.8, 4) is 0 Å². The number of H-pyrrole nitrogens is 1. The summed E-state index contributed by atoms with van der Waals surface area (Å²) in [5.41, 5.74) is 0.188. The molecule has 0 radical (unpaired) electrons. The van der Waals surface area contributed by atoms with Crippen LogP contribution in [-0.2, 0) is 0 Å². The van der Waals surface area contributed by atoms with E-state index in [9.17, 15) is 9.59 Å². The van der Waals surface area contributed by atoms with E-state index < -0.39 is 11.2 Å². The van der Waals surface area contributed by atoms with Crippen molar-refractivity contribution < 1.29 is 0 Å². The summed E-state index contributed by atoms with van der Waals surface area (Å²) in [7, 11) is 0. The molecule has 0 amide bonds. The van der Waals surface area contributed by atoms with Gasteiger partial charge in [-0.2, -0.15) is 5.10 Å². The molecule has 3 rings (SSSR count). The summed E-state index contributed by atoms with van der Waals surface area (Å²) >= 11 is 5.79. The molecule has 104 valence electrons. The highest BCUT2D eigenvalue weighted by Gasteiger charge is 2.05. The second-order valence-electron chi connectivity index (χ2n) is 4.39. The van der Waals surface area contributed by atoms with E-state index in [0.717, 1.165) is 10.2 Å². The number of aromatic amines is 1. The van der Waals surface area contributed by atoms with Crippen LogP contribution in [-0.4, -0.2) is 15.9 Å². The zero-order chi connectivity index (χ0) is 14.8. The van der Waals surface area contributed by atoms with Gasteiger partial charge in [-0.15, -0.1) is 4.68 Å². The summed E-state index contributed by atoms with van der Waals surface area (Å²) in [4.78, 5) is 26.8. The van der Waals surface area contributed by atoms with E-state index in [2.05, 4.69) is 10.1 Å². The standard InChI is InChI=1S/C15H10ClN3O2/c16-11-7-5-10(6-8-11)9-17-19-14(20)12-3-1-2-4-13(12)18-15(19)21/h1-9H,(H,18,21)/b17-9+. The van der Waals surface area contributed by atoms with Crippen LogP contribution in [0.5, 0.6) is 0 Å². The molecule has 0 saturated heterocycles. The first-order valence-electron chi connectivity index (χ1n) is 6.19. The summed E-state index contributed by atoms with van der Waals surface area (Å²) in [6, 6.07) is 13.7. The Hall–Kier alpha value is -2.66. The van der Waals surface area contributed by atoms with Crippen LogP contribution in [0.2, 0.25) is 5.02 Å². The Labute approximate surface area is 124 Å². The van der Waals surface area contributed by atoms with Crippen LogP contribution in [0.1, 0.15) is 5.56 Å². The highest BCUT2D eigenvalue weighted by molar-refractivity contribution is 6.30. The van der Waals surface area contributed by atoms with Crippen LogP contribution in [0.15, 0.2) is 63.2 Å². The molecule has 0 aliphatic rings. The first-order chi connectivity index (χ1) is 10.1. The van der Waals surface area contributed by atoms with E-state index in [1.807, 2.05) is 0 Å². The molecule has 3 aromatic rings. The van der Waals surface area contributed by atoms with Gasteiger partial charge in [-0.1, -0.05) is 35.9 Å². The lowest BCUT2D eigenvalue weighted by Crippen LogP contribution is -2.32. The SMILES string of the molecule is O=c1[nH]c2ccccc2c(=O)n1/N=C/c1ccc(Cl)cc1. The van der Waals surface area contributed by atoms with E-state index in [-0.39, 0.29) is 0 Å². The van der Waals surface area contributed by atoms with Crippen LogP contribution in [0.3, 0.4) is 0 Å². The van der Waals surface area contributed by atoms with E-state index in [4.69, 9.17) is 11.6 Å². The second-order valence-corrected chi connectivity index (χ2v) is 4.83. The van der Waals surface area contributed by atoms with Gasteiger partial charge in [0, 0.05) is 5.02 Å². The topological polar surface area (TPSA) is 67.2 Å². The van der Waals surface area contributed by atoms with Gasteiger partial charge in [-0.25, -0.2) is 4.79 Å². The maximum Gasteiger partial charge on any atom is 0.349 e. The summed E-state index contributed by atoms with van der Waals surface area (Å²) in [6.45, 7) is 0. The molecule has 0 saturated carbocycles. The molecule has 0 atom stereocenters. The number of hydrogen-bond acceptors (Lipinski definition) is 3. The number of benzene rings is 2. The van der Waals surface area contributed by atoms with Crippen LogP contribution in [0.4, 0.5) is 0 Å². The van der Waals surface area contributed by atoms with Gasteiger partial charge in [0.15, 0.2) is 0 Å². The van der Waals surface area contributed by atoms with Crippen molar-refractivity contribution in [3.63, 3.8) is 0 Å². The number of para-hydroxylation sites is 1. The van der Waals surface area contributed by atoms with Gasteiger partial charge in [-0.3, -0.25) is 4.79 Å². The highest BCUT2D eigenvalue weighted by Crippen LogP contribution is 2.08. The molecule has 1 aromatic heterocycles. The molecule has 21 heavy (non-hydrogen) atoms. The van der Waals surface area contributed by atoms with Crippen molar-refractivity contribution in [2.75, 3.05) is 0 Å². The van der Waals surface area contributed by atoms with Gasteiger partial charge in [0.1, 0.15) is 0 Å². The molecule has 6 heteroatoms. The van der Waals surface area contributed by atoms with Crippen molar-refractivity contribution in [1.82, 2.24) is 9.66 Å². The largest absolute Gasteiger partial charge is 0.349 e. The molecule has 0 aliphatic carbocycles. The van der Waals surface area contributed by atoms with Gasteiger partial charge in [0.25, 0.3) is 5.56 Å². The van der Waals surface area contributed by atoms with Crippen molar-refractivity contribution in [3.05, 3.63) is 80.0 Å². The average Bonchev–Trinajstić information content (AvgIpc) is 2.49. The number of halogens is 1. The van der Waals surface area contributed by atoms with E-state index in [1.165, 1.54) is 6.21 Å². The Morgan fingerprint density at radius 3 is 2.52 bits per heavy atom. The summed E-state index contributed by atoms with van der Waals surface area (Å²) in [5.74, 6) is 0. The summed E-state index contributed by atoms with van der Waals surface area (Å²) in [5, 5.41) is 4.96. The van der Waals surface area contributed by atoms with E-state index >= 15 is 0 Å².